The second-order valence-corrected chi connectivity index (χ2v) is 3.83. The molecule has 0 aliphatic heterocycles. The Morgan fingerprint density at radius 3 is 1.59 bits per heavy atom. The lowest BCUT2D eigenvalue weighted by atomic mass is 10.1. The average Bonchev–Trinajstić information content (AvgIpc) is 2.66. The van der Waals surface area contributed by atoms with Crippen molar-refractivity contribution in [1.82, 2.24) is 0 Å². The van der Waals surface area contributed by atoms with Crippen LogP contribution in [-0.2, 0) is 6.42 Å². The van der Waals surface area contributed by atoms with Crippen LogP contribution in [0.5, 0.6) is 0 Å². The molecule has 0 spiro atoms. The van der Waals surface area contributed by atoms with Crippen LogP contribution in [-0.4, -0.2) is 0 Å². The zero-order chi connectivity index (χ0) is 12.3. The minimum Gasteiger partial charge on any atom is -0.174 e. The van der Waals surface area contributed by atoms with Crippen LogP contribution in [0.4, 0.5) is 8.78 Å². The van der Waals surface area contributed by atoms with Gasteiger partial charge in [-0.15, -0.1) is 0 Å². The van der Waals surface area contributed by atoms with Crippen LogP contribution < -0.4 is 0 Å². The summed E-state index contributed by atoms with van der Waals surface area (Å²) in [5.41, 5.74) is 5.75. The van der Waals surface area contributed by atoms with Gasteiger partial charge in [0.05, 0.1) is 0 Å². The van der Waals surface area contributed by atoms with Gasteiger partial charge in [-0.3, -0.25) is 0 Å². The number of benzene rings is 2. The minimum atomic E-state index is -1.83. The molecule has 2 aromatic carbocycles. The van der Waals surface area contributed by atoms with Gasteiger partial charge in [0.1, 0.15) is 0 Å². The smallest absolute Gasteiger partial charge is 0.174 e. The molecule has 0 radical (unpaired) electrons. The summed E-state index contributed by atoms with van der Waals surface area (Å²) in [7, 11) is 0. The van der Waals surface area contributed by atoms with Gasteiger partial charge in [-0.05, 0) is 35.3 Å². The van der Waals surface area contributed by atoms with Gasteiger partial charge in [-0.1, -0.05) is 48.5 Å². The van der Waals surface area contributed by atoms with Gasteiger partial charge >= 0.3 is 0 Å². The molecule has 0 saturated carbocycles. The molecule has 0 amide bonds. The lowest BCUT2D eigenvalue weighted by molar-refractivity contribution is 0.426. The van der Waals surface area contributed by atoms with Crippen LogP contribution in [0.15, 0.2) is 61.2 Å². The summed E-state index contributed by atoms with van der Waals surface area (Å²) < 4.78 is 20.3. The number of hydrogen-bond acceptors (Lipinski definition) is 0. The van der Waals surface area contributed by atoms with Crippen molar-refractivity contribution < 1.29 is 8.78 Å². The Kier molecular flexibility index (Phi) is 3.33. The fourth-order valence-electron chi connectivity index (χ4n) is 2.08. The predicted molar refractivity (Wildman–Crippen MR) is 66.0 cm³/mol. The molecule has 0 saturated heterocycles. The highest BCUT2D eigenvalue weighted by molar-refractivity contribution is 5.76. The normalized spacial score (nSPS) is 10.9. The van der Waals surface area contributed by atoms with Gasteiger partial charge in [0.25, 0.3) is 6.08 Å². The van der Waals surface area contributed by atoms with Gasteiger partial charge in [-0.2, -0.15) is 8.78 Å². The highest BCUT2D eigenvalue weighted by atomic mass is 19.3. The molecule has 2 aromatic rings. The van der Waals surface area contributed by atoms with Gasteiger partial charge in [-0.25, -0.2) is 0 Å². The first-order chi connectivity index (χ1) is 8.18. The molecule has 2 heteroatoms. The molecule has 0 fully saturated rings. The third-order valence-electron chi connectivity index (χ3n) is 2.71. The maximum Gasteiger partial charge on any atom is 0.263 e. The Balaban J connectivity index is 0.000000239. The lowest BCUT2D eigenvalue weighted by Gasteiger charge is -1.98. The number of rotatable bonds is 0. The number of halogens is 2. The highest BCUT2D eigenvalue weighted by Crippen LogP contribution is 2.35. The Bertz CT molecular complexity index is 497. The van der Waals surface area contributed by atoms with Crippen molar-refractivity contribution in [3.63, 3.8) is 0 Å². The topological polar surface area (TPSA) is 0 Å². The van der Waals surface area contributed by atoms with Crippen molar-refractivity contribution in [2.24, 2.45) is 0 Å². The summed E-state index contributed by atoms with van der Waals surface area (Å²) in [5.74, 6) is 0. The molecule has 17 heavy (non-hydrogen) atoms. The molecule has 0 unspecified atom stereocenters. The van der Waals surface area contributed by atoms with Crippen molar-refractivity contribution >= 4 is 0 Å². The van der Waals surface area contributed by atoms with E-state index in [9.17, 15) is 8.78 Å². The molecule has 1 aliphatic carbocycles. The molecule has 0 N–H and O–H groups in total. The van der Waals surface area contributed by atoms with E-state index in [1.165, 1.54) is 22.3 Å². The van der Waals surface area contributed by atoms with E-state index < -0.39 is 6.08 Å². The molecular weight excluding hydrogens is 218 g/mol. The Morgan fingerprint density at radius 1 is 0.824 bits per heavy atom. The third-order valence-corrected chi connectivity index (χ3v) is 2.71. The quantitative estimate of drug-likeness (QED) is 0.527. The molecule has 0 bridgehead atoms. The number of hydrogen-bond donors (Lipinski definition) is 0. The maximum absolute atomic E-state index is 10.1. The summed E-state index contributed by atoms with van der Waals surface area (Å²) >= 11 is 0. The molecule has 1 aliphatic rings. The summed E-state index contributed by atoms with van der Waals surface area (Å²) in [6, 6.07) is 17.3. The van der Waals surface area contributed by atoms with Crippen LogP contribution in [0.1, 0.15) is 11.1 Å². The molecular formula is C15H12F2. The second-order valence-electron chi connectivity index (χ2n) is 3.83. The minimum absolute atomic E-state index is 1.10. The van der Waals surface area contributed by atoms with Crippen LogP contribution in [0.2, 0.25) is 0 Å². The van der Waals surface area contributed by atoms with Gasteiger partial charge in [0.15, 0.2) is 0 Å². The van der Waals surface area contributed by atoms with Crippen LogP contribution in [0.3, 0.4) is 0 Å². The first-order valence-electron chi connectivity index (χ1n) is 5.34. The lowest BCUT2D eigenvalue weighted by Crippen LogP contribution is -1.77. The second kappa shape index (κ2) is 4.91. The summed E-state index contributed by atoms with van der Waals surface area (Å²) in [5, 5.41) is 0. The van der Waals surface area contributed by atoms with E-state index in [2.05, 4.69) is 55.1 Å². The van der Waals surface area contributed by atoms with Crippen molar-refractivity contribution in [2.45, 2.75) is 6.42 Å². The van der Waals surface area contributed by atoms with Crippen LogP contribution in [0, 0.1) is 0 Å². The largest absolute Gasteiger partial charge is 0.263 e. The van der Waals surface area contributed by atoms with E-state index in [-0.39, 0.29) is 0 Å². The monoisotopic (exact) mass is 230 g/mol. The van der Waals surface area contributed by atoms with E-state index in [1.807, 2.05) is 0 Å². The maximum atomic E-state index is 10.1. The predicted octanol–water partition coefficient (Wildman–Crippen LogP) is 4.65. The Morgan fingerprint density at radius 2 is 1.18 bits per heavy atom. The number of fused-ring (bicyclic) bond motifs is 3. The average molecular weight is 230 g/mol. The zero-order valence-electron chi connectivity index (χ0n) is 9.29. The SMILES string of the molecule is C=C(F)F.c1ccc2c(c1)Cc1ccccc1-2. The van der Waals surface area contributed by atoms with Crippen molar-refractivity contribution in [2.75, 3.05) is 0 Å². The first kappa shape index (κ1) is 11.5. The third kappa shape index (κ3) is 2.59. The standard InChI is InChI=1S/C13H10.C2H2F2/c1-3-7-12-10(5-1)9-11-6-2-4-8-13(11)12;1-2(3)4/h1-8H,9H2;1H2. The van der Waals surface area contributed by atoms with Gasteiger partial charge in [0, 0.05) is 0 Å². The summed E-state index contributed by atoms with van der Waals surface area (Å²) in [6.07, 6.45) is -0.730. The van der Waals surface area contributed by atoms with Crippen molar-refractivity contribution in [3.05, 3.63) is 72.3 Å². The van der Waals surface area contributed by atoms with Gasteiger partial charge < -0.3 is 0 Å². The van der Waals surface area contributed by atoms with Crippen LogP contribution in [0.25, 0.3) is 11.1 Å². The summed E-state index contributed by atoms with van der Waals surface area (Å²) in [6.45, 7) is 2.22. The van der Waals surface area contributed by atoms with Gasteiger partial charge in [0.2, 0.25) is 0 Å². The van der Waals surface area contributed by atoms with Crippen molar-refractivity contribution in [3.8, 4) is 11.1 Å². The van der Waals surface area contributed by atoms with Crippen LogP contribution >= 0.6 is 0 Å². The van der Waals surface area contributed by atoms with E-state index in [0.717, 1.165) is 6.42 Å². The van der Waals surface area contributed by atoms with E-state index in [1.54, 1.807) is 0 Å². The first-order valence-corrected chi connectivity index (χ1v) is 5.34. The fourth-order valence-corrected chi connectivity index (χ4v) is 2.08. The summed E-state index contributed by atoms with van der Waals surface area (Å²) in [4.78, 5) is 0. The van der Waals surface area contributed by atoms with E-state index in [4.69, 9.17) is 0 Å². The zero-order valence-corrected chi connectivity index (χ0v) is 9.29. The van der Waals surface area contributed by atoms with E-state index in [0.29, 0.717) is 0 Å². The molecule has 0 heterocycles. The van der Waals surface area contributed by atoms with Crippen molar-refractivity contribution in [1.29, 1.82) is 0 Å². The van der Waals surface area contributed by atoms with E-state index >= 15 is 0 Å². The molecule has 0 aromatic heterocycles. The molecule has 0 atom stereocenters. The Labute approximate surface area is 99.2 Å². The molecule has 0 nitrogen and oxygen atoms in total. The fraction of sp³-hybridized carbons (Fsp3) is 0.0667. The highest BCUT2D eigenvalue weighted by Gasteiger charge is 2.15. The molecule has 3 rings (SSSR count). The molecule has 86 valence electrons. The Hall–Kier alpha value is -1.96.